The van der Waals surface area contributed by atoms with Crippen LogP contribution in [0.4, 0.5) is 11.4 Å². The number of nitrogens with one attached hydrogen (secondary N) is 3. The van der Waals surface area contributed by atoms with E-state index >= 15 is 0 Å². The Bertz CT molecular complexity index is 930. The SMILES string of the molecule is [O-][NH+](O)c1ccc([C@H]2Nn3c(nnc3-c3cccc([NH+]([O-])O)c3)S2)cc1. The Hall–Kier alpha value is -2.51. The maximum Gasteiger partial charge on any atom is 0.212 e. The largest absolute Gasteiger partial charge is 0.595 e. The van der Waals surface area contributed by atoms with Crippen LogP contribution < -0.4 is 15.9 Å². The summed E-state index contributed by atoms with van der Waals surface area (Å²) in [5, 5.41) is 47.1. The summed E-state index contributed by atoms with van der Waals surface area (Å²) in [6, 6.07) is 13.1. The lowest BCUT2D eigenvalue weighted by Gasteiger charge is -2.15. The van der Waals surface area contributed by atoms with E-state index < -0.39 is 10.5 Å². The molecule has 5 N–H and O–H groups in total. The molecule has 26 heavy (non-hydrogen) atoms. The van der Waals surface area contributed by atoms with Gasteiger partial charge in [0.15, 0.2) is 17.2 Å². The molecule has 0 aliphatic carbocycles. The van der Waals surface area contributed by atoms with Crippen LogP contribution in [0.5, 0.6) is 0 Å². The Balaban J connectivity index is 1.60. The molecule has 2 aromatic carbocycles. The van der Waals surface area contributed by atoms with Crippen molar-refractivity contribution in [2.75, 3.05) is 5.43 Å². The summed E-state index contributed by atoms with van der Waals surface area (Å²) >= 11 is 1.44. The van der Waals surface area contributed by atoms with Gasteiger partial charge in [0, 0.05) is 29.8 Å². The van der Waals surface area contributed by atoms with Crippen LogP contribution in [0.1, 0.15) is 10.9 Å². The molecule has 134 valence electrons. The molecule has 0 saturated carbocycles. The highest BCUT2D eigenvalue weighted by atomic mass is 32.2. The summed E-state index contributed by atoms with van der Waals surface area (Å²) in [5.74, 6) is 0.514. The van der Waals surface area contributed by atoms with Crippen molar-refractivity contribution in [3.05, 3.63) is 64.5 Å². The van der Waals surface area contributed by atoms with Gasteiger partial charge in [-0.15, -0.1) is 10.2 Å². The van der Waals surface area contributed by atoms with Gasteiger partial charge < -0.3 is 15.8 Å². The van der Waals surface area contributed by atoms with Crippen molar-refractivity contribution in [2.45, 2.75) is 10.5 Å². The summed E-state index contributed by atoms with van der Waals surface area (Å²) in [4.78, 5) is 0. The van der Waals surface area contributed by atoms with Crippen LogP contribution in [0, 0.1) is 10.4 Å². The zero-order chi connectivity index (χ0) is 18.3. The molecule has 10 nitrogen and oxygen atoms in total. The topological polar surface area (TPSA) is 138 Å². The summed E-state index contributed by atoms with van der Waals surface area (Å²) in [6.45, 7) is 0. The van der Waals surface area contributed by atoms with Crippen molar-refractivity contribution in [3.8, 4) is 11.4 Å². The van der Waals surface area contributed by atoms with Gasteiger partial charge in [-0.05, 0) is 17.7 Å². The fraction of sp³-hybridized carbons (Fsp3) is 0.0667. The minimum Gasteiger partial charge on any atom is -0.595 e. The Labute approximate surface area is 151 Å². The Morgan fingerprint density at radius 1 is 1.00 bits per heavy atom. The zero-order valence-corrected chi connectivity index (χ0v) is 14.0. The van der Waals surface area contributed by atoms with E-state index in [4.69, 9.17) is 10.4 Å². The molecule has 1 aromatic heterocycles. The van der Waals surface area contributed by atoms with E-state index in [1.807, 2.05) is 0 Å². The Morgan fingerprint density at radius 3 is 2.42 bits per heavy atom. The van der Waals surface area contributed by atoms with Gasteiger partial charge in [-0.3, -0.25) is 0 Å². The van der Waals surface area contributed by atoms with Gasteiger partial charge >= 0.3 is 0 Å². The molecule has 3 atom stereocenters. The fourth-order valence-electron chi connectivity index (χ4n) is 2.63. The van der Waals surface area contributed by atoms with Crippen LogP contribution in [0.15, 0.2) is 53.7 Å². The van der Waals surface area contributed by atoms with Crippen molar-refractivity contribution in [2.24, 2.45) is 0 Å². The maximum absolute atomic E-state index is 11.2. The molecule has 0 bridgehead atoms. The van der Waals surface area contributed by atoms with E-state index in [1.54, 1.807) is 47.1 Å². The highest BCUT2D eigenvalue weighted by Crippen LogP contribution is 2.40. The van der Waals surface area contributed by atoms with Crippen molar-refractivity contribution < 1.29 is 20.9 Å². The highest BCUT2D eigenvalue weighted by molar-refractivity contribution is 7.99. The van der Waals surface area contributed by atoms with Gasteiger partial charge in [0.05, 0.1) is 0 Å². The minimum atomic E-state index is -1.01. The van der Waals surface area contributed by atoms with Crippen molar-refractivity contribution in [3.63, 3.8) is 0 Å². The van der Waals surface area contributed by atoms with Crippen LogP contribution in [-0.2, 0) is 0 Å². The number of fused-ring (bicyclic) bond motifs is 1. The molecule has 2 unspecified atom stereocenters. The lowest BCUT2D eigenvalue weighted by atomic mass is 10.2. The molecule has 1 aliphatic heterocycles. The van der Waals surface area contributed by atoms with Gasteiger partial charge in [-0.25, -0.2) is 15.1 Å². The van der Waals surface area contributed by atoms with Gasteiger partial charge in [0.1, 0.15) is 5.37 Å². The molecule has 3 aromatic rings. The first kappa shape index (κ1) is 16.9. The number of nitrogens with zero attached hydrogens (tertiary/aromatic N) is 3. The van der Waals surface area contributed by atoms with Crippen LogP contribution in [0.3, 0.4) is 0 Å². The number of quaternary nitrogens is 2. The second-order valence-electron chi connectivity index (χ2n) is 5.58. The number of rotatable bonds is 4. The van der Waals surface area contributed by atoms with Crippen molar-refractivity contribution in [1.82, 2.24) is 14.9 Å². The van der Waals surface area contributed by atoms with E-state index in [2.05, 4.69) is 15.6 Å². The third kappa shape index (κ3) is 3.04. The molecule has 2 heterocycles. The quantitative estimate of drug-likeness (QED) is 0.405. The van der Waals surface area contributed by atoms with Crippen LogP contribution >= 0.6 is 11.8 Å². The number of benzene rings is 2. The predicted octanol–water partition coefficient (Wildman–Crippen LogP) is 0.0999. The van der Waals surface area contributed by atoms with Gasteiger partial charge in [-0.1, -0.05) is 23.9 Å². The van der Waals surface area contributed by atoms with Gasteiger partial charge in [-0.2, -0.15) is 10.5 Å². The molecule has 0 radical (unpaired) electrons. The third-order valence-corrected chi connectivity index (χ3v) is 5.02. The maximum atomic E-state index is 11.2. The fourth-order valence-corrected chi connectivity index (χ4v) is 3.63. The summed E-state index contributed by atoms with van der Waals surface area (Å²) in [6.07, 6.45) is 0. The predicted molar refractivity (Wildman–Crippen MR) is 91.4 cm³/mol. The average Bonchev–Trinajstić information content (AvgIpc) is 3.22. The molecular weight excluding hydrogens is 360 g/mol. The summed E-state index contributed by atoms with van der Waals surface area (Å²) < 4.78 is 1.71. The summed E-state index contributed by atoms with van der Waals surface area (Å²) in [7, 11) is 0. The molecule has 0 amide bonds. The normalized spacial score (nSPS) is 18.2. The summed E-state index contributed by atoms with van der Waals surface area (Å²) in [5.41, 5.74) is 5.19. The van der Waals surface area contributed by atoms with E-state index in [1.165, 1.54) is 17.8 Å². The molecule has 11 heteroatoms. The molecule has 0 fully saturated rings. The number of hydrogen-bond donors (Lipinski definition) is 5. The van der Waals surface area contributed by atoms with Crippen LogP contribution in [0.25, 0.3) is 11.4 Å². The molecule has 4 rings (SSSR count). The minimum absolute atomic E-state index is 0.148. The molecule has 0 saturated heterocycles. The van der Waals surface area contributed by atoms with E-state index in [0.29, 0.717) is 16.5 Å². The number of thioether (sulfide) groups is 1. The molecular formula is C15H14N6O4S. The smallest absolute Gasteiger partial charge is 0.212 e. The lowest BCUT2D eigenvalue weighted by Crippen LogP contribution is -2.99. The lowest BCUT2D eigenvalue weighted by molar-refractivity contribution is -0.991. The van der Waals surface area contributed by atoms with Crippen LogP contribution in [0.2, 0.25) is 0 Å². The van der Waals surface area contributed by atoms with Crippen molar-refractivity contribution >= 4 is 23.1 Å². The second-order valence-corrected chi connectivity index (χ2v) is 6.65. The monoisotopic (exact) mass is 374 g/mol. The van der Waals surface area contributed by atoms with E-state index in [9.17, 15) is 10.4 Å². The number of aromatic nitrogens is 3. The van der Waals surface area contributed by atoms with Gasteiger partial charge in [0.25, 0.3) is 0 Å². The number of hydrogen-bond acceptors (Lipinski definition) is 8. The molecule has 1 aliphatic rings. The Morgan fingerprint density at radius 2 is 1.73 bits per heavy atom. The average molecular weight is 374 g/mol. The zero-order valence-electron chi connectivity index (χ0n) is 13.2. The molecule has 0 spiro atoms. The first-order valence-electron chi connectivity index (χ1n) is 7.58. The van der Waals surface area contributed by atoms with Crippen molar-refractivity contribution in [1.29, 1.82) is 0 Å². The first-order chi connectivity index (χ1) is 12.5. The third-order valence-electron chi connectivity index (χ3n) is 3.93. The van der Waals surface area contributed by atoms with E-state index in [-0.39, 0.29) is 16.7 Å². The van der Waals surface area contributed by atoms with Gasteiger partial charge in [0.2, 0.25) is 5.16 Å². The second kappa shape index (κ2) is 6.66. The first-order valence-corrected chi connectivity index (χ1v) is 8.46. The standard InChI is InChI=1S/C15H14N6O4S/c22-20(23)11-6-4-9(5-7-11)14-18-19-13(16-17-15(19)26-14)10-2-1-3-12(8-10)21(24)25/h1-8,14,18,20-22,24H/t14-/m0/s1. The van der Waals surface area contributed by atoms with E-state index in [0.717, 1.165) is 5.56 Å². The van der Waals surface area contributed by atoms with Crippen LogP contribution in [-0.4, -0.2) is 25.3 Å². The Kier molecular flexibility index (Phi) is 4.34. The highest BCUT2D eigenvalue weighted by Gasteiger charge is 2.28.